The molecule has 8 nitrogen and oxygen atoms in total. The van der Waals surface area contributed by atoms with Gasteiger partial charge in [0.15, 0.2) is 0 Å². The third kappa shape index (κ3) is 12.4. The molecule has 2 amide bonds. The summed E-state index contributed by atoms with van der Waals surface area (Å²) in [6.45, 7) is 5.95. The van der Waals surface area contributed by atoms with E-state index in [-0.39, 0.29) is 18.9 Å². The summed E-state index contributed by atoms with van der Waals surface area (Å²) in [5.74, 6) is -0.356. The molecule has 0 fully saturated rings. The van der Waals surface area contributed by atoms with Gasteiger partial charge in [0.2, 0.25) is 6.41 Å². The number of nitrogen functional groups attached to an aromatic ring is 1. The lowest BCUT2D eigenvalue weighted by Gasteiger charge is -2.26. The van der Waals surface area contributed by atoms with Crippen molar-refractivity contribution in [1.82, 2.24) is 10.2 Å². The summed E-state index contributed by atoms with van der Waals surface area (Å²) in [5.41, 5.74) is 12.8. The van der Waals surface area contributed by atoms with E-state index < -0.39 is 11.7 Å². The van der Waals surface area contributed by atoms with Gasteiger partial charge in [-0.05, 0) is 83.8 Å². The summed E-state index contributed by atoms with van der Waals surface area (Å²) in [4.78, 5) is 33.5. The Kier molecular flexibility index (Phi) is 17.3. The van der Waals surface area contributed by atoms with Crippen molar-refractivity contribution in [1.29, 1.82) is 5.41 Å². The van der Waals surface area contributed by atoms with Crippen molar-refractivity contribution in [2.75, 3.05) is 32.4 Å². The van der Waals surface area contributed by atoms with Crippen LogP contribution in [0.5, 0.6) is 0 Å². The van der Waals surface area contributed by atoms with Crippen LogP contribution in [0.25, 0.3) is 10.8 Å². The van der Waals surface area contributed by atoms with E-state index in [1.54, 1.807) is 30.3 Å². The molecule has 3 aromatic carbocycles. The number of nitrogens with two attached hydrogens (primary N) is 2. The number of benzene rings is 3. The van der Waals surface area contributed by atoms with E-state index in [4.69, 9.17) is 15.9 Å². The highest BCUT2D eigenvalue weighted by atomic mass is 32.1. The van der Waals surface area contributed by atoms with E-state index >= 15 is 0 Å². The molecule has 4 rings (SSSR count). The molecule has 0 radical (unpaired) electrons. The van der Waals surface area contributed by atoms with Crippen LogP contribution in [-0.4, -0.2) is 56.4 Å². The van der Waals surface area contributed by atoms with Crippen molar-refractivity contribution in [2.45, 2.75) is 45.7 Å². The van der Waals surface area contributed by atoms with Crippen molar-refractivity contribution in [2.24, 2.45) is 5.73 Å². The first-order valence-electron chi connectivity index (χ1n) is 14.4. The van der Waals surface area contributed by atoms with Crippen molar-refractivity contribution in [3.05, 3.63) is 87.3 Å². The van der Waals surface area contributed by atoms with Gasteiger partial charge < -0.3 is 31.9 Å². The van der Waals surface area contributed by atoms with Crippen molar-refractivity contribution < 1.29 is 27.6 Å². The number of likely N-dealkylation sites (N-methyl/N-ethyl adjacent to an activating group) is 1. The molecule has 0 aromatic heterocycles. The normalized spacial score (nSPS) is 12.8. The van der Waals surface area contributed by atoms with E-state index in [0.29, 0.717) is 33.9 Å². The third-order valence-corrected chi connectivity index (χ3v) is 7.23. The Morgan fingerprint density at radius 3 is 2.33 bits per heavy atom. The lowest BCUT2D eigenvalue weighted by Crippen LogP contribution is -2.27. The molecule has 0 bridgehead atoms. The zero-order valence-corrected chi connectivity index (χ0v) is 26.7. The molecule has 0 atom stereocenters. The van der Waals surface area contributed by atoms with Gasteiger partial charge in [0.1, 0.15) is 6.29 Å². The lowest BCUT2D eigenvalue weighted by atomic mass is 9.95. The van der Waals surface area contributed by atoms with Crippen LogP contribution in [0.1, 0.15) is 60.2 Å². The molecule has 45 heavy (non-hydrogen) atoms. The lowest BCUT2D eigenvalue weighted by molar-refractivity contribution is -0.136. The maximum Gasteiger partial charge on any atom is 0.417 e. The summed E-state index contributed by atoms with van der Waals surface area (Å²) < 4.78 is 39.6. The monoisotopic (exact) mass is 645 g/mol. The van der Waals surface area contributed by atoms with Crippen molar-refractivity contribution >= 4 is 53.9 Å². The molecule has 0 saturated carbocycles. The van der Waals surface area contributed by atoms with Gasteiger partial charge in [-0.25, -0.2) is 0 Å². The minimum atomic E-state index is -4.32. The number of fused-ring (bicyclic) bond motifs is 1. The van der Waals surface area contributed by atoms with Crippen LogP contribution in [0.3, 0.4) is 0 Å². The number of halogens is 3. The van der Waals surface area contributed by atoms with Crippen LogP contribution in [0.2, 0.25) is 0 Å². The van der Waals surface area contributed by atoms with Gasteiger partial charge in [-0.15, -0.1) is 12.6 Å². The summed E-state index contributed by atoms with van der Waals surface area (Å²) in [5, 5.41) is 10.5. The Labute approximate surface area is 268 Å². The average Bonchev–Trinajstić information content (AvgIpc) is 3.02. The Morgan fingerprint density at radius 2 is 1.71 bits per heavy atom. The molecule has 1 heterocycles. The number of hydrogen-bond acceptors (Lipinski definition) is 7. The highest BCUT2D eigenvalue weighted by Gasteiger charge is 2.32. The maximum absolute atomic E-state index is 13.2. The molecular formula is C33H42F3N5O3S. The number of aryl methyl sites for hydroxylation is 1. The van der Waals surface area contributed by atoms with Crippen molar-refractivity contribution in [3.8, 4) is 0 Å². The Balaban J connectivity index is 0.000000432. The molecule has 244 valence electrons. The predicted molar refractivity (Wildman–Crippen MR) is 179 cm³/mol. The van der Waals surface area contributed by atoms with Gasteiger partial charge in [0, 0.05) is 36.1 Å². The third-order valence-electron chi connectivity index (χ3n) is 6.69. The second kappa shape index (κ2) is 20.0. The number of thiol groups is 1. The van der Waals surface area contributed by atoms with E-state index in [1.807, 2.05) is 19.9 Å². The molecule has 12 heteroatoms. The van der Waals surface area contributed by atoms with Crippen LogP contribution in [0, 0.1) is 5.41 Å². The minimum Gasteiger partial charge on any atom is -0.398 e. The number of aldehydes is 1. The molecule has 0 unspecified atom stereocenters. The zero-order chi connectivity index (χ0) is 34.0. The highest BCUT2D eigenvalue weighted by molar-refractivity contribution is 7.84. The Hall–Kier alpha value is -4.16. The van der Waals surface area contributed by atoms with Gasteiger partial charge >= 0.3 is 6.18 Å². The number of nitrogens with zero attached hydrogens (tertiary/aromatic N) is 1. The number of alkyl halides is 3. The van der Waals surface area contributed by atoms with E-state index in [1.165, 1.54) is 22.6 Å². The Bertz CT molecular complexity index is 1460. The SMILES string of the molecule is CC.CN1CCC(S)=C(CCCc2cccc3c(C(F)(F)F)cccc23)C1.N=Cc1cc(C(=O)NCC=O)ccc1N.NC=O. The second-order valence-corrected chi connectivity index (χ2v) is 10.2. The van der Waals surface area contributed by atoms with Crippen LogP contribution < -0.4 is 16.8 Å². The molecule has 1 aliphatic heterocycles. The van der Waals surface area contributed by atoms with Crippen LogP contribution in [-0.2, 0) is 22.2 Å². The average molecular weight is 646 g/mol. The summed E-state index contributed by atoms with van der Waals surface area (Å²) >= 11 is 4.59. The van der Waals surface area contributed by atoms with Gasteiger partial charge in [0.25, 0.3) is 5.91 Å². The van der Waals surface area contributed by atoms with E-state index in [9.17, 15) is 22.8 Å². The van der Waals surface area contributed by atoms with Gasteiger partial charge in [0.05, 0.1) is 12.1 Å². The zero-order valence-electron chi connectivity index (χ0n) is 25.8. The number of hydrogen-bond donors (Lipinski definition) is 5. The minimum absolute atomic E-state index is 0.0247. The van der Waals surface area contributed by atoms with Crippen LogP contribution in [0.15, 0.2) is 65.1 Å². The van der Waals surface area contributed by atoms with Gasteiger partial charge in [-0.2, -0.15) is 13.2 Å². The number of nitrogens with one attached hydrogen (secondary N) is 2. The first-order valence-corrected chi connectivity index (χ1v) is 14.8. The van der Waals surface area contributed by atoms with E-state index in [2.05, 4.69) is 35.6 Å². The van der Waals surface area contributed by atoms with Crippen LogP contribution in [0.4, 0.5) is 18.9 Å². The molecule has 1 aliphatic rings. The van der Waals surface area contributed by atoms with Crippen LogP contribution >= 0.6 is 12.6 Å². The standard InChI is InChI=1S/C20H22F3NS.C10H11N3O2.C2H6.CH3NO/c1-24-12-11-19(25)15(13-24)7-2-5-14-6-3-9-17-16(14)8-4-10-18(17)20(21,22)23;11-6-8-5-7(1-2-9(8)12)10(15)13-3-4-14;1-2;2-1-3/h3-4,6,8-10,25H,2,5,7,11-13H2,1H3;1-2,4-6,11H,3,12H2,(H,13,15);1-2H3;1H,(H2,2,3). The molecule has 3 aromatic rings. The fourth-order valence-corrected chi connectivity index (χ4v) is 4.89. The Morgan fingerprint density at radius 1 is 1.07 bits per heavy atom. The quantitative estimate of drug-likeness (QED) is 0.0881. The molecule has 0 aliphatic carbocycles. The molecule has 6 N–H and O–H groups in total. The maximum atomic E-state index is 13.2. The molecule has 0 saturated heterocycles. The number of carbonyl (C=O) groups excluding carboxylic acids is 3. The van der Waals surface area contributed by atoms with Gasteiger partial charge in [-0.1, -0.05) is 44.2 Å². The molecule has 0 spiro atoms. The first-order chi connectivity index (χ1) is 21.5. The largest absolute Gasteiger partial charge is 0.417 e. The fraction of sp³-hybridized carbons (Fsp3) is 0.333. The van der Waals surface area contributed by atoms with Gasteiger partial charge in [-0.3, -0.25) is 9.59 Å². The highest BCUT2D eigenvalue weighted by Crippen LogP contribution is 2.36. The topological polar surface area (TPSA) is 142 Å². The first kappa shape index (κ1) is 38.9. The number of carbonyl (C=O) groups is 3. The smallest absolute Gasteiger partial charge is 0.398 e. The predicted octanol–water partition coefficient (Wildman–Crippen LogP) is 6.02. The van der Waals surface area contributed by atoms with E-state index in [0.717, 1.165) is 56.6 Å². The number of primary amides is 1. The second-order valence-electron chi connectivity index (χ2n) is 9.71. The summed E-state index contributed by atoms with van der Waals surface area (Å²) in [7, 11) is 2.10. The fourth-order valence-electron chi connectivity index (χ4n) is 4.60. The number of anilines is 1. The van der Waals surface area contributed by atoms with Crippen molar-refractivity contribution in [3.63, 3.8) is 0 Å². The molecular weight excluding hydrogens is 603 g/mol. The number of amides is 2. The number of rotatable bonds is 8. The summed E-state index contributed by atoms with van der Waals surface area (Å²) in [6.07, 6.45) is 1.22. The summed E-state index contributed by atoms with van der Waals surface area (Å²) in [6, 6.07) is 14.3.